The minimum atomic E-state index is -0.0368. The van der Waals surface area contributed by atoms with Crippen molar-refractivity contribution < 1.29 is 0 Å². The summed E-state index contributed by atoms with van der Waals surface area (Å²) in [5.41, 5.74) is 2.48. The van der Waals surface area contributed by atoms with Crippen molar-refractivity contribution in [2.45, 2.75) is 25.2 Å². The summed E-state index contributed by atoms with van der Waals surface area (Å²) in [5, 5.41) is 1.27. The van der Waals surface area contributed by atoms with Crippen LogP contribution >= 0.6 is 11.6 Å². The van der Waals surface area contributed by atoms with Gasteiger partial charge in [0.15, 0.2) is 0 Å². The lowest BCUT2D eigenvalue weighted by atomic mass is 9.82. The average Bonchev–Trinajstić information content (AvgIpc) is 3.04. The second kappa shape index (κ2) is 6.98. The third-order valence-electron chi connectivity index (χ3n) is 6.40. The molecule has 3 saturated heterocycles. The van der Waals surface area contributed by atoms with Crippen molar-refractivity contribution in [3.05, 3.63) is 57.6 Å². The molecule has 6 rings (SSSR count). The van der Waals surface area contributed by atoms with Crippen LogP contribution in [-0.4, -0.2) is 39.1 Å². The van der Waals surface area contributed by atoms with Crippen LogP contribution in [0.3, 0.4) is 0 Å². The summed E-state index contributed by atoms with van der Waals surface area (Å²) in [7, 11) is 1.77. The number of benzene rings is 1. The molecule has 0 amide bonds. The monoisotopic (exact) mass is 394 g/mol. The van der Waals surface area contributed by atoms with Gasteiger partial charge in [0.05, 0.1) is 17.1 Å². The number of aromatic nitrogens is 3. The van der Waals surface area contributed by atoms with Crippen LogP contribution in [0.4, 0.5) is 0 Å². The van der Waals surface area contributed by atoms with E-state index in [2.05, 4.69) is 4.90 Å². The van der Waals surface area contributed by atoms with Gasteiger partial charge >= 0.3 is 0 Å². The number of hydrogen-bond donors (Lipinski definition) is 0. The van der Waals surface area contributed by atoms with Crippen LogP contribution < -0.4 is 5.56 Å². The molecule has 28 heavy (non-hydrogen) atoms. The molecule has 6 heteroatoms. The van der Waals surface area contributed by atoms with E-state index in [4.69, 9.17) is 21.6 Å². The number of pyridine rings is 1. The Bertz CT molecular complexity index is 1100. The van der Waals surface area contributed by atoms with Crippen LogP contribution in [0.5, 0.6) is 0 Å². The van der Waals surface area contributed by atoms with E-state index in [1.54, 1.807) is 17.8 Å². The zero-order valence-electron chi connectivity index (χ0n) is 15.9. The van der Waals surface area contributed by atoms with Gasteiger partial charge in [-0.25, -0.2) is 4.98 Å². The first-order valence-electron chi connectivity index (χ1n) is 9.95. The molecule has 5 heterocycles. The summed E-state index contributed by atoms with van der Waals surface area (Å²) < 4.78 is 1.61. The Balaban J connectivity index is 1.60. The zero-order valence-corrected chi connectivity index (χ0v) is 16.7. The van der Waals surface area contributed by atoms with Crippen molar-refractivity contribution in [2.75, 3.05) is 19.6 Å². The van der Waals surface area contributed by atoms with Gasteiger partial charge in [0, 0.05) is 29.2 Å². The van der Waals surface area contributed by atoms with Crippen LogP contribution in [0.25, 0.3) is 22.3 Å². The van der Waals surface area contributed by atoms with Gasteiger partial charge in [-0.05, 0) is 63.0 Å². The third-order valence-corrected chi connectivity index (χ3v) is 6.64. The summed E-state index contributed by atoms with van der Waals surface area (Å²) >= 11 is 6.13. The summed E-state index contributed by atoms with van der Waals surface area (Å²) in [5.74, 6) is 1.72. The number of nitrogens with zero attached hydrogens (tertiary/aromatic N) is 4. The Hall–Kier alpha value is -2.24. The van der Waals surface area contributed by atoms with Crippen molar-refractivity contribution in [3.63, 3.8) is 0 Å². The standard InChI is InChI=1S/C22H23ClN4O/c1-26-21(15-3-2-4-16(23)11-15)25-20-13-24-19(12-18(20)22(26)28)17-7-10-27-8-5-14(17)6-9-27/h2-4,11-14,17H,5-10H2,1H3. The molecule has 144 valence electrons. The quantitative estimate of drug-likeness (QED) is 0.662. The second-order valence-corrected chi connectivity index (χ2v) is 8.45. The van der Waals surface area contributed by atoms with Crippen LogP contribution in [0.1, 0.15) is 30.9 Å². The van der Waals surface area contributed by atoms with Crippen molar-refractivity contribution >= 4 is 22.5 Å². The predicted octanol–water partition coefficient (Wildman–Crippen LogP) is 3.85. The van der Waals surface area contributed by atoms with Gasteiger partial charge < -0.3 is 4.90 Å². The minimum Gasteiger partial charge on any atom is -0.303 e. The molecule has 1 aromatic carbocycles. The van der Waals surface area contributed by atoms with E-state index in [1.165, 1.54) is 25.9 Å². The largest absolute Gasteiger partial charge is 0.303 e. The SMILES string of the molecule is Cn1c(-c2cccc(Cl)c2)nc2cnc(C3CCN4CCC3CC4)cc2c1=O. The molecule has 0 N–H and O–H groups in total. The Morgan fingerprint density at radius 1 is 1.11 bits per heavy atom. The fourth-order valence-electron chi connectivity index (χ4n) is 4.80. The maximum Gasteiger partial charge on any atom is 0.261 e. The van der Waals surface area contributed by atoms with Gasteiger partial charge in [0.2, 0.25) is 0 Å². The molecule has 3 aliphatic heterocycles. The summed E-state index contributed by atoms with van der Waals surface area (Å²) in [6.45, 7) is 3.52. The van der Waals surface area contributed by atoms with Gasteiger partial charge in [0.1, 0.15) is 5.82 Å². The molecule has 1 unspecified atom stereocenters. The number of halogens is 1. The van der Waals surface area contributed by atoms with E-state index >= 15 is 0 Å². The lowest BCUT2D eigenvalue weighted by molar-refractivity contribution is 0.220. The average molecular weight is 395 g/mol. The van der Waals surface area contributed by atoms with Crippen molar-refractivity contribution in [3.8, 4) is 11.4 Å². The third kappa shape index (κ3) is 3.03. The van der Waals surface area contributed by atoms with Crippen LogP contribution in [0, 0.1) is 5.92 Å². The van der Waals surface area contributed by atoms with Crippen LogP contribution in [0.2, 0.25) is 5.02 Å². The van der Waals surface area contributed by atoms with Gasteiger partial charge in [-0.2, -0.15) is 0 Å². The molecule has 2 aromatic heterocycles. The molecular formula is C22H23ClN4O. The summed E-state index contributed by atoms with van der Waals surface area (Å²) in [6.07, 6.45) is 5.36. The molecule has 2 bridgehead atoms. The Morgan fingerprint density at radius 3 is 2.68 bits per heavy atom. The summed E-state index contributed by atoms with van der Waals surface area (Å²) in [6, 6.07) is 9.42. The Morgan fingerprint density at radius 2 is 1.89 bits per heavy atom. The Labute approximate surface area is 169 Å². The fraction of sp³-hybridized carbons (Fsp3) is 0.409. The van der Waals surface area contributed by atoms with E-state index in [-0.39, 0.29) is 5.56 Å². The maximum atomic E-state index is 13.1. The molecule has 5 nitrogen and oxygen atoms in total. The highest BCUT2D eigenvalue weighted by molar-refractivity contribution is 6.30. The van der Waals surface area contributed by atoms with E-state index in [9.17, 15) is 4.79 Å². The van der Waals surface area contributed by atoms with Gasteiger partial charge in [-0.15, -0.1) is 0 Å². The highest BCUT2D eigenvalue weighted by Crippen LogP contribution is 2.38. The highest BCUT2D eigenvalue weighted by Gasteiger charge is 2.32. The first kappa shape index (κ1) is 17.8. The summed E-state index contributed by atoms with van der Waals surface area (Å²) in [4.78, 5) is 25.2. The molecule has 0 aliphatic carbocycles. The topological polar surface area (TPSA) is 51.0 Å². The fourth-order valence-corrected chi connectivity index (χ4v) is 5.00. The van der Waals surface area contributed by atoms with Crippen molar-refractivity contribution in [1.29, 1.82) is 0 Å². The van der Waals surface area contributed by atoms with Gasteiger partial charge in [0.25, 0.3) is 5.56 Å². The lowest BCUT2D eigenvalue weighted by Gasteiger charge is -2.28. The second-order valence-electron chi connectivity index (χ2n) is 8.01. The zero-order chi connectivity index (χ0) is 19.3. The molecule has 3 fully saturated rings. The first-order chi connectivity index (χ1) is 13.6. The number of piperidine rings is 1. The van der Waals surface area contributed by atoms with Gasteiger partial charge in [-0.3, -0.25) is 14.3 Å². The number of rotatable bonds is 2. The molecule has 0 radical (unpaired) electrons. The molecular weight excluding hydrogens is 372 g/mol. The van der Waals surface area contributed by atoms with E-state index in [1.807, 2.05) is 30.3 Å². The molecule has 0 spiro atoms. The number of fused-ring (bicyclic) bond motifs is 5. The van der Waals surface area contributed by atoms with Crippen LogP contribution in [0.15, 0.2) is 41.3 Å². The van der Waals surface area contributed by atoms with Gasteiger partial charge in [-0.1, -0.05) is 23.7 Å². The first-order valence-corrected chi connectivity index (χ1v) is 10.3. The van der Waals surface area contributed by atoms with Crippen molar-refractivity contribution in [1.82, 2.24) is 19.4 Å². The smallest absolute Gasteiger partial charge is 0.261 e. The molecule has 1 atom stereocenters. The van der Waals surface area contributed by atoms with E-state index in [0.717, 1.165) is 24.2 Å². The maximum absolute atomic E-state index is 13.1. The van der Waals surface area contributed by atoms with Crippen LogP contribution in [-0.2, 0) is 7.05 Å². The predicted molar refractivity (Wildman–Crippen MR) is 112 cm³/mol. The molecule has 0 saturated carbocycles. The lowest BCUT2D eigenvalue weighted by Crippen LogP contribution is -2.30. The molecule has 3 aliphatic rings. The van der Waals surface area contributed by atoms with E-state index < -0.39 is 0 Å². The molecule has 3 aromatic rings. The Kier molecular flexibility index (Phi) is 4.44. The minimum absolute atomic E-state index is 0.0368. The number of hydrogen-bond acceptors (Lipinski definition) is 4. The van der Waals surface area contributed by atoms with Crippen molar-refractivity contribution in [2.24, 2.45) is 13.0 Å². The highest BCUT2D eigenvalue weighted by atomic mass is 35.5. The van der Waals surface area contributed by atoms with E-state index in [0.29, 0.717) is 33.6 Å². The normalized spacial score (nSPS) is 24.4.